The Bertz CT molecular complexity index is 833. The van der Waals surface area contributed by atoms with Crippen LogP contribution in [0.5, 0.6) is 0 Å². The van der Waals surface area contributed by atoms with Gasteiger partial charge in [0.1, 0.15) is 9.61 Å². The molecule has 2 aliphatic rings. The molecule has 2 aliphatic heterocycles. The summed E-state index contributed by atoms with van der Waals surface area (Å²) in [6.45, 7) is 0.885. The van der Waals surface area contributed by atoms with Crippen molar-refractivity contribution in [3.8, 4) is 0 Å². The maximum absolute atomic E-state index is 13.3. The van der Waals surface area contributed by atoms with E-state index in [4.69, 9.17) is 9.57 Å². The predicted octanol–water partition coefficient (Wildman–Crippen LogP) is 4.83. The second-order valence-electron chi connectivity index (χ2n) is 6.80. The minimum atomic E-state index is -0.690. The molecule has 2 fully saturated rings. The molecule has 144 valence electrons. The van der Waals surface area contributed by atoms with Crippen molar-refractivity contribution < 1.29 is 14.4 Å². The number of ether oxygens (including phenoxy) is 1. The molecule has 0 bridgehead atoms. The molecule has 4 rings (SSSR count). The van der Waals surface area contributed by atoms with Gasteiger partial charge in [0.15, 0.2) is 5.54 Å². The lowest BCUT2D eigenvalue weighted by Gasteiger charge is -2.47. The Labute approximate surface area is 197 Å². The summed E-state index contributed by atoms with van der Waals surface area (Å²) in [6.07, 6.45) is 0.842. The highest BCUT2D eigenvalue weighted by molar-refractivity contribution is 14.1. The number of nitrogens with zero attached hydrogens (tertiary/aromatic N) is 2. The Morgan fingerprint density at radius 3 is 2.70 bits per heavy atom. The molecule has 3 heterocycles. The number of hydroxylamine groups is 2. The molecular weight excluding hydrogens is 658 g/mol. The third kappa shape index (κ3) is 3.49. The van der Waals surface area contributed by atoms with E-state index in [0.29, 0.717) is 18.8 Å². The van der Waals surface area contributed by atoms with Crippen molar-refractivity contribution in [2.45, 2.75) is 17.6 Å². The number of rotatable bonds is 4. The van der Waals surface area contributed by atoms with Crippen LogP contribution in [0.15, 0.2) is 40.3 Å². The minimum absolute atomic E-state index is 0.140. The molecule has 1 aromatic carbocycles. The molecule has 2 saturated heterocycles. The first kappa shape index (κ1) is 20.5. The van der Waals surface area contributed by atoms with E-state index in [2.05, 4.69) is 66.1 Å². The number of aromatic nitrogens is 1. The average Bonchev–Trinajstić information content (AvgIpc) is 3.31. The SMILES string of the molecule is O=C(c1ccccc1)N1OCC2CC(CI)(CI)OCC21c1nc(Br)cs1. The molecule has 0 aliphatic carbocycles. The van der Waals surface area contributed by atoms with E-state index >= 15 is 0 Å². The monoisotopic (exact) mass is 674 g/mol. The van der Waals surface area contributed by atoms with E-state index in [1.54, 1.807) is 0 Å². The van der Waals surface area contributed by atoms with Crippen LogP contribution in [-0.4, -0.2) is 43.6 Å². The van der Waals surface area contributed by atoms with Gasteiger partial charge in [-0.3, -0.25) is 9.63 Å². The van der Waals surface area contributed by atoms with Crippen LogP contribution in [0.2, 0.25) is 0 Å². The van der Waals surface area contributed by atoms with Crippen molar-refractivity contribution in [1.29, 1.82) is 0 Å². The van der Waals surface area contributed by atoms with Gasteiger partial charge in [-0.25, -0.2) is 10.0 Å². The number of fused-ring (bicyclic) bond motifs is 1. The molecule has 2 unspecified atom stereocenters. The van der Waals surface area contributed by atoms with E-state index in [0.717, 1.165) is 24.9 Å². The molecule has 0 N–H and O–H groups in total. The number of hydrogen-bond donors (Lipinski definition) is 0. The maximum atomic E-state index is 13.3. The first-order chi connectivity index (χ1) is 13.0. The number of carbonyl (C=O) groups excluding carboxylic acids is 1. The number of hydrogen-bond acceptors (Lipinski definition) is 5. The van der Waals surface area contributed by atoms with Gasteiger partial charge < -0.3 is 4.74 Å². The van der Waals surface area contributed by atoms with E-state index in [1.165, 1.54) is 16.4 Å². The highest BCUT2D eigenvalue weighted by atomic mass is 127. The highest BCUT2D eigenvalue weighted by Gasteiger charge is 2.61. The molecule has 1 aromatic heterocycles. The number of amides is 1. The Balaban J connectivity index is 1.76. The number of benzene rings is 1. The number of halogens is 3. The van der Waals surface area contributed by atoms with Gasteiger partial charge in [0.2, 0.25) is 0 Å². The van der Waals surface area contributed by atoms with Crippen LogP contribution in [0.3, 0.4) is 0 Å². The second-order valence-corrected chi connectivity index (χ2v) is 10.00. The number of alkyl halides is 2. The van der Waals surface area contributed by atoms with Crippen LogP contribution >= 0.6 is 72.4 Å². The molecule has 9 heteroatoms. The van der Waals surface area contributed by atoms with Crippen molar-refractivity contribution in [2.24, 2.45) is 5.92 Å². The van der Waals surface area contributed by atoms with Gasteiger partial charge in [0, 0.05) is 25.7 Å². The van der Waals surface area contributed by atoms with Crippen LogP contribution in [0, 0.1) is 5.92 Å². The van der Waals surface area contributed by atoms with E-state index in [1.807, 2.05) is 35.7 Å². The molecule has 0 saturated carbocycles. The van der Waals surface area contributed by atoms with E-state index in [9.17, 15) is 4.79 Å². The number of thiazole rings is 1. The summed E-state index contributed by atoms with van der Waals surface area (Å²) in [6, 6.07) is 9.25. The molecule has 5 nitrogen and oxygen atoms in total. The topological polar surface area (TPSA) is 51.7 Å². The summed E-state index contributed by atoms with van der Waals surface area (Å²) < 4.78 is 9.02. The zero-order valence-electron chi connectivity index (χ0n) is 14.2. The van der Waals surface area contributed by atoms with Crippen molar-refractivity contribution in [2.75, 3.05) is 22.1 Å². The van der Waals surface area contributed by atoms with E-state index in [-0.39, 0.29) is 17.4 Å². The highest BCUT2D eigenvalue weighted by Crippen LogP contribution is 2.52. The summed E-state index contributed by atoms with van der Waals surface area (Å²) in [4.78, 5) is 24.0. The predicted molar refractivity (Wildman–Crippen MR) is 125 cm³/mol. The molecular formula is C18H17BrI2N2O3S. The van der Waals surface area contributed by atoms with Gasteiger partial charge in [-0.05, 0) is 34.5 Å². The van der Waals surface area contributed by atoms with Gasteiger partial charge in [0.25, 0.3) is 5.91 Å². The van der Waals surface area contributed by atoms with Crippen molar-refractivity contribution in [3.05, 3.63) is 50.9 Å². The minimum Gasteiger partial charge on any atom is -0.370 e. The quantitative estimate of drug-likeness (QED) is 0.345. The third-order valence-corrected chi connectivity index (χ3v) is 9.70. The first-order valence-electron chi connectivity index (χ1n) is 8.44. The fraction of sp³-hybridized carbons (Fsp3) is 0.444. The Morgan fingerprint density at radius 1 is 1.33 bits per heavy atom. The Morgan fingerprint density at radius 2 is 2.07 bits per heavy atom. The molecule has 0 spiro atoms. The van der Waals surface area contributed by atoms with Crippen LogP contribution in [0.1, 0.15) is 21.8 Å². The summed E-state index contributed by atoms with van der Waals surface area (Å²) >= 11 is 9.78. The van der Waals surface area contributed by atoms with Crippen LogP contribution in [0.25, 0.3) is 0 Å². The Kier molecular flexibility index (Phi) is 6.16. The summed E-state index contributed by atoms with van der Waals surface area (Å²) in [5, 5.41) is 4.34. The van der Waals surface area contributed by atoms with Crippen molar-refractivity contribution in [3.63, 3.8) is 0 Å². The molecule has 0 radical (unpaired) electrons. The third-order valence-electron chi connectivity index (χ3n) is 5.20. The zero-order valence-corrected chi connectivity index (χ0v) is 21.0. The van der Waals surface area contributed by atoms with Gasteiger partial charge in [-0.15, -0.1) is 11.3 Å². The summed E-state index contributed by atoms with van der Waals surface area (Å²) in [7, 11) is 0. The molecule has 1 amide bonds. The maximum Gasteiger partial charge on any atom is 0.278 e. The lowest BCUT2D eigenvalue weighted by Crippen LogP contribution is -2.59. The molecule has 2 atom stereocenters. The fourth-order valence-electron chi connectivity index (χ4n) is 3.69. The fourth-order valence-corrected chi connectivity index (χ4v) is 7.83. The second kappa shape index (κ2) is 8.13. The lowest BCUT2D eigenvalue weighted by molar-refractivity contribution is -0.177. The van der Waals surface area contributed by atoms with Crippen LogP contribution in [0.4, 0.5) is 0 Å². The summed E-state index contributed by atoms with van der Waals surface area (Å²) in [5.74, 6) is -0.00837. The van der Waals surface area contributed by atoms with Crippen molar-refractivity contribution >= 4 is 78.4 Å². The normalized spacial score (nSPS) is 26.8. The summed E-state index contributed by atoms with van der Waals surface area (Å²) in [5.41, 5.74) is -0.267. The van der Waals surface area contributed by atoms with Crippen LogP contribution < -0.4 is 0 Å². The van der Waals surface area contributed by atoms with Gasteiger partial charge in [0.05, 0.1) is 18.8 Å². The molecule has 27 heavy (non-hydrogen) atoms. The Hall–Kier alpha value is 0.180. The average molecular weight is 675 g/mol. The van der Waals surface area contributed by atoms with Gasteiger partial charge in [-0.1, -0.05) is 63.4 Å². The number of carbonyl (C=O) groups is 1. The van der Waals surface area contributed by atoms with Crippen molar-refractivity contribution in [1.82, 2.24) is 10.0 Å². The zero-order chi connectivity index (χ0) is 19.1. The smallest absolute Gasteiger partial charge is 0.278 e. The lowest BCUT2D eigenvalue weighted by atomic mass is 9.76. The van der Waals surface area contributed by atoms with Gasteiger partial charge >= 0.3 is 0 Å². The largest absolute Gasteiger partial charge is 0.370 e. The van der Waals surface area contributed by atoms with Crippen LogP contribution in [-0.2, 0) is 15.1 Å². The molecule has 2 aromatic rings. The van der Waals surface area contributed by atoms with E-state index < -0.39 is 5.54 Å². The first-order valence-corrected chi connectivity index (χ1v) is 13.2. The van der Waals surface area contributed by atoms with Gasteiger partial charge in [-0.2, -0.15) is 0 Å². The standard InChI is InChI=1S/C18H17BrI2N2O3S/c19-14-8-27-16(22-14)18-11-25-17(9-20,10-21)6-13(18)7-26-23(18)15(24)12-4-2-1-3-5-12/h1-5,8,13H,6-7,9-11H2.